The van der Waals surface area contributed by atoms with Gasteiger partial charge in [-0.1, -0.05) is 20.8 Å². The highest BCUT2D eigenvalue weighted by Gasteiger charge is 2.38. The van der Waals surface area contributed by atoms with Crippen LogP contribution in [0.3, 0.4) is 0 Å². The summed E-state index contributed by atoms with van der Waals surface area (Å²) in [7, 11) is 1.48. The van der Waals surface area contributed by atoms with Crippen LogP contribution in [0.1, 0.15) is 53.4 Å². The first kappa shape index (κ1) is 16.8. The van der Waals surface area contributed by atoms with E-state index in [0.29, 0.717) is 17.2 Å². The van der Waals surface area contributed by atoms with Crippen LogP contribution in [-0.2, 0) is 9.53 Å². The molecule has 1 rings (SSSR count). The molecule has 1 aliphatic rings. The third-order valence-electron chi connectivity index (χ3n) is 3.88. The summed E-state index contributed by atoms with van der Waals surface area (Å²) in [5.41, 5.74) is -0.502. The Bertz CT molecular complexity index is 292. The van der Waals surface area contributed by atoms with Gasteiger partial charge in [-0.15, -0.1) is 0 Å². The number of thioether (sulfide) groups is 1. The van der Waals surface area contributed by atoms with E-state index in [-0.39, 0.29) is 5.97 Å². The number of nitrogens with one attached hydrogen (secondary N) is 1. The SMILES string of the molecule is COC(=O)C(C)(CCCSC(C)C(C)C)NC1CC1. The van der Waals surface area contributed by atoms with Crippen molar-refractivity contribution < 1.29 is 9.53 Å². The van der Waals surface area contributed by atoms with Gasteiger partial charge in [-0.25, -0.2) is 0 Å². The number of carbonyl (C=O) groups is 1. The van der Waals surface area contributed by atoms with Crippen LogP contribution in [0, 0.1) is 5.92 Å². The van der Waals surface area contributed by atoms with E-state index in [1.54, 1.807) is 0 Å². The zero-order valence-corrected chi connectivity index (χ0v) is 13.8. The lowest BCUT2D eigenvalue weighted by Gasteiger charge is -2.28. The Balaban J connectivity index is 2.34. The molecule has 4 heteroatoms. The summed E-state index contributed by atoms with van der Waals surface area (Å²) < 4.78 is 4.95. The number of rotatable bonds is 9. The minimum atomic E-state index is -0.502. The molecule has 1 N–H and O–H groups in total. The highest BCUT2D eigenvalue weighted by Crippen LogP contribution is 2.27. The molecule has 0 saturated heterocycles. The van der Waals surface area contributed by atoms with E-state index >= 15 is 0 Å². The minimum Gasteiger partial charge on any atom is -0.468 e. The minimum absolute atomic E-state index is 0.124. The molecule has 1 fully saturated rings. The van der Waals surface area contributed by atoms with Crippen molar-refractivity contribution in [2.24, 2.45) is 5.92 Å². The fraction of sp³-hybridized carbons (Fsp3) is 0.933. The molecule has 0 heterocycles. The number of carbonyl (C=O) groups excluding carboxylic acids is 1. The highest BCUT2D eigenvalue weighted by atomic mass is 32.2. The predicted molar refractivity (Wildman–Crippen MR) is 82.6 cm³/mol. The zero-order valence-electron chi connectivity index (χ0n) is 13.0. The van der Waals surface area contributed by atoms with Gasteiger partial charge in [0.05, 0.1) is 7.11 Å². The molecule has 19 heavy (non-hydrogen) atoms. The first-order chi connectivity index (χ1) is 8.89. The average Bonchev–Trinajstić information content (AvgIpc) is 3.16. The number of esters is 1. The number of methoxy groups -OCH3 is 1. The molecule has 0 aromatic rings. The third-order valence-corrected chi connectivity index (χ3v) is 5.47. The van der Waals surface area contributed by atoms with E-state index in [4.69, 9.17) is 4.74 Å². The van der Waals surface area contributed by atoms with Gasteiger partial charge in [0, 0.05) is 11.3 Å². The molecule has 3 nitrogen and oxygen atoms in total. The Morgan fingerprint density at radius 1 is 1.42 bits per heavy atom. The van der Waals surface area contributed by atoms with Crippen molar-refractivity contribution in [1.29, 1.82) is 0 Å². The van der Waals surface area contributed by atoms with Gasteiger partial charge in [0.15, 0.2) is 0 Å². The molecule has 0 spiro atoms. The number of ether oxygens (including phenoxy) is 1. The standard InChI is InChI=1S/C15H29NO2S/c1-11(2)12(3)19-10-6-9-15(4,14(17)18-5)16-13-7-8-13/h11-13,16H,6-10H2,1-5H3. The highest BCUT2D eigenvalue weighted by molar-refractivity contribution is 7.99. The van der Waals surface area contributed by atoms with Crippen LogP contribution in [0.25, 0.3) is 0 Å². The van der Waals surface area contributed by atoms with E-state index in [9.17, 15) is 4.79 Å². The van der Waals surface area contributed by atoms with Crippen LogP contribution in [0.2, 0.25) is 0 Å². The molecule has 1 saturated carbocycles. The maximum absolute atomic E-state index is 11.9. The molecule has 112 valence electrons. The molecule has 0 amide bonds. The smallest absolute Gasteiger partial charge is 0.325 e. The Morgan fingerprint density at radius 3 is 2.53 bits per heavy atom. The largest absolute Gasteiger partial charge is 0.468 e. The van der Waals surface area contributed by atoms with Gasteiger partial charge in [0.25, 0.3) is 0 Å². The van der Waals surface area contributed by atoms with E-state index in [0.717, 1.165) is 18.6 Å². The van der Waals surface area contributed by atoms with Crippen molar-refractivity contribution >= 4 is 17.7 Å². The molecule has 2 atom stereocenters. The molecule has 1 aliphatic carbocycles. The number of hydrogen-bond acceptors (Lipinski definition) is 4. The summed E-state index contributed by atoms with van der Waals surface area (Å²) in [6.07, 6.45) is 4.28. The third kappa shape index (κ3) is 5.74. The second-order valence-corrected chi connectivity index (χ2v) is 7.65. The molecule has 0 aromatic heterocycles. The molecule has 2 unspecified atom stereocenters. The molecule has 0 bridgehead atoms. The van der Waals surface area contributed by atoms with Gasteiger partial charge in [-0.05, 0) is 44.3 Å². The van der Waals surface area contributed by atoms with Gasteiger partial charge in [0.1, 0.15) is 5.54 Å². The second kappa shape index (κ2) is 7.53. The van der Waals surface area contributed by atoms with Crippen molar-refractivity contribution in [2.75, 3.05) is 12.9 Å². The van der Waals surface area contributed by atoms with Crippen LogP contribution in [0.4, 0.5) is 0 Å². The monoisotopic (exact) mass is 287 g/mol. The van der Waals surface area contributed by atoms with E-state index in [1.807, 2.05) is 18.7 Å². The van der Waals surface area contributed by atoms with Gasteiger partial charge in [0.2, 0.25) is 0 Å². The van der Waals surface area contributed by atoms with Gasteiger partial charge >= 0.3 is 5.97 Å². The van der Waals surface area contributed by atoms with Gasteiger partial charge < -0.3 is 4.74 Å². The number of hydrogen-bond donors (Lipinski definition) is 1. The van der Waals surface area contributed by atoms with Crippen LogP contribution < -0.4 is 5.32 Å². The second-order valence-electron chi connectivity index (χ2n) is 6.17. The average molecular weight is 287 g/mol. The van der Waals surface area contributed by atoms with Crippen molar-refractivity contribution in [3.8, 4) is 0 Å². The molecule has 0 radical (unpaired) electrons. The Kier molecular flexibility index (Phi) is 6.67. The quantitative estimate of drug-likeness (QED) is 0.522. The molecular weight excluding hydrogens is 258 g/mol. The maximum atomic E-state index is 11.9. The summed E-state index contributed by atoms with van der Waals surface area (Å²) >= 11 is 2.00. The van der Waals surface area contributed by atoms with Crippen LogP contribution in [0.15, 0.2) is 0 Å². The van der Waals surface area contributed by atoms with Crippen LogP contribution in [-0.4, -0.2) is 35.7 Å². The normalized spacial score (nSPS) is 20.1. The lowest BCUT2D eigenvalue weighted by molar-refractivity contribution is -0.148. The van der Waals surface area contributed by atoms with E-state index in [2.05, 4.69) is 26.1 Å². The van der Waals surface area contributed by atoms with Crippen molar-refractivity contribution in [3.05, 3.63) is 0 Å². The lowest BCUT2D eigenvalue weighted by atomic mass is 9.96. The molecular formula is C15H29NO2S. The first-order valence-electron chi connectivity index (χ1n) is 7.36. The summed E-state index contributed by atoms with van der Waals surface area (Å²) in [5, 5.41) is 4.13. The Morgan fingerprint density at radius 2 is 2.05 bits per heavy atom. The summed E-state index contributed by atoms with van der Waals surface area (Å²) in [5.74, 6) is 1.70. The fourth-order valence-corrected chi connectivity index (χ4v) is 3.09. The van der Waals surface area contributed by atoms with Crippen LogP contribution in [0.5, 0.6) is 0 Å². The summed E-state index contributed by atoms with van der Waals surface area (Å²) in [6, 6.07) is 0.520. The molecule has 0 aliphatic heterocycles. The zero-order chi connectivity index (χ0) is 14.5. The van der Waals surface area contributed by atoms with Crippen LogP contribution >= 0.6 is 11.8 Å². The molecule has 0 aromatic carbocycles. The van der Waals surface area contributed by atoms with E-state index in [1.165, 1.54) is 20.0 Å². The summed E-state index contributed by atoms with van der Waals surface area (Å²) in [6.45, 7) is 8.76. The predicted octanol–water partition coefficient (Wildman–Crippen LogP) is 3.23. The first-order valence-corrected chi connectivity index (χ1v) is 8.41. The van der Waals surface area contributed by atoms with E-state index < -0.39 is 5.54 Å². The summed E-state index contributed by atoms with van der Waals surface area (Å²) in [4.78, 5) is 11.9. The lowest BCUT2D eigenvalue weighted by Crippen LogP contribution is -2.51. The van der Waals surface area contributed by atoms with Crippen molar-refractivity contribution in [1.82, 2.24) is 5.32 Å². The Labute approximate surface area is 122 Å². The maximum Gasteiger partial charge on any atom is 0.325 e. The van der Waals surface area contributed by atoms with Gasteiger partial charge in [-0.3, -0.25) is 10.1 Å². The van der Waals surface area contributed by atoms with Crippen molar-refractivity contribution in [2.45, 2.75) is 70.2 Å². The Hall–Kier alpha value is -0.220. The topological polar surface area (TPSA) is 38.3 Å². The van der Waals surface area contributed by atoms with Gasteiger partial charge in [-0.2, -0.15) is 11.8 Å². The fourth-order valence-electron chi connectivity index (χ4n) is 2.02. The van der Waals surface area contributed by atoms with Crippen molar-refractivity contribution in [3.63, 3.8) is 0 Å².